The van der Waals surface area contributed by atoms with Gasteiger partial charge in [-0.2, -0.15) is 11.3 Å². The second-order valence-corrected chi connectivity index (χ2v) is 17.8. The molecule has 0 aliphatic rings. The minimum absolute atomic E-state index is 0. The third kappa shape index (κ3) is 7.15. The fraction of sp³-hybridized carbons (Fsp3) is 0.243. The van der Waals surface area contributed by atoms with Gasteiger partial charge >= 0.3 is 0 Å². The van der Waals surface area contributed by atoms with Gasteiger partial charge in [0.2, 0.25) is 0 Å². The summed E-state index contributed by atoms with van der Waals surface area (Å²) in [4.78, 5) is 9.12. The molecule has 1 atom stereocenters. The molecule has 0 aliphatic heterocycles. The molecule has 2 nitrogen and oxygen atoms in total. The molecule has 42 heavy (non-hydrogen) atoms. The largest absolute Gasteiger partial charge is 0.305 e. The van der Waals surface area contributed by atoms with Crippen LogP contribution in [0.4, 0.5) is 0 Å². The molecule has 6 aromatic rings. The summed E-state index contributed by atoms with van der Waals surface area (Å²) in [7, 11) is -1.23. The number of nitrogens with zero attached hydrogens (tertiary/aromatic N) is 2. The van der Waals surface area contributed by atoms with Gasteiger partial charge in [-0.25, -0.2) is 0 Å². The number of benzene rings is 3. The molecule has 0 N–H and O–H groups in total. The summed E-state index contributed by atoms with van der Waals surface area (Å²) in [6, 6.07) is 33.4. The molecule has 0 spiro atoms. The smallest absolute Gasteiger partial charge is 0.0795 e. The molecule has 6 rings (SSSR count). The van der Waals surface area contributed by atoms with E-state index in [9.17, 15) is 0 Å². The Morgan fingerprint density at radius 3 is 2.29 bits per heavy atom. The first-order chi connectivity index (χ1) is 20.3. The van der Waals surface area contributed by atoms with Crippen LogP contribution in [0.15, 0.2) is 91.3 Å². The molecule has 3 aromatic carbocycles. The van der Waals surface area contributed by atoms with E-state index in [2.05, 4.69) is 91.1 Å². The first kappa shape index (κ1) is 29.1. The number of fused-ring (bicyclic) bond motifs is 3. The molecule has 1 radical (unpaired) electrons. The quantitative estimate of drug-likeness (QED) is 0.129. The van der Waals surface area contributed by atoms with Crippen molar-refractivity contribution in [2.24, 2.45) is 5.89 Å². The first-order valence-electron chi connectivity index (χ1n) is 15.0. The maximum absolute atomic E-state index is 8.75. The van der Waals surface area contributed by atoms with E-state index >= 15 is 0 Å². The molecule has 3 heterocycles. The van der Waals surface area contributed by atoms with Crippen molar-refractivity contribution in [1.29, 1.82) is 0 Å². The Labute approximate surface area is 272 Å². The van der Waals surface area contributed by atoms with Crippen molar-refractivity contribution in [2.45, 2.75) is 53.2 Å². The van der Waals surface area contributed by atoms with Crippen molar-refractivity contribution in [3.8, 4) is 22.5 Å². The average Bonchev–Trinajstić information content (AvgIpc) is 3.35. The van der Waals surface area contributed by atoms with Crippen molar-refractivity contribution in [3.05, 3.63) is 115 Å². The molecule has 1 unspecified atom stereocenters. The summed E-state index contributed by atoms with van der Waals surface area (Å²) in [6.07, 6.45) is 3.76. The number of hydrogen-bond donors (Lipinski definition) is 0. The van der Waals surface area contributed by atoms with E-state index in [-0.39, 0.29) is 20.1 Å². The number of aromatic nitrogens is 2. The third-order valence-electron chi connectivity index (χ3n) is 7.36. The van der Waals surface area contributed by atoms with Crippen LogP contribution in [0.2, 0.25) is 19.6 Å². The second kappa shape index (κ2) is 13.6. The molecule has 0 aliphatic carbocycles. The summed E-state index contributed by atoms with van der Waals surface area (Å²) < 4.78 is 19.5. The monoisotopic (exact) mass is 765 g/mol. The Morgan fingerprint density at radius 1 is 0.857 bits per heavy atom. The minimum atomic E-state index is -1.23. The van der Waals surface area contributed by atoms with Gasteiger partial charge in [0.05, 0.1) is 8.07 Å². The van der Waals surface area contributed by atoms with E-state index in [0.717, 1.165) is 33.6 Å². The number of rotatable bonds is 5. The van der Waals surface area contributed by atoms with E-state index in [1.807, 2.05) is 42.6 Å². The van der Waals surface area contributed by atoms with Crippen molar-refractivity contribution < 1.29 is 22.8 Å². The zero-order valence-corrected chi connectivity index (χ0v) is 29.5. The van der Waals surface area contributed by atoms with Gasteiger partial charge in [0, 0.05) is 39.9 Å². The van der Waals surface area contributed by atoms with Gasteiger partial charge in [-0.1, -0.05) is 94.7 Å². The van der Waals surface area contributed by atoms with Crippen molar-refractivity contribution in [2.75, 3.05) is 0 Å². The predicted molar refractivity (Wildman–Crippen MR) is 181 cm³/mol. The van der Waals surface area contributed by atoms with Gasteiger partial charge in [-0.3, -0.25) is 0 Å². The van der Waals surface area contributed by atoms with Crippen molar-refractivity contribution in [3.63, 3.8) is 0 Å². The number of aryl methyl sites for hydroxylation is 1. The van der Waals surface area contributed by atoms with Crippen LogP contribution >= 0.6 is 11.3 Å². The Bertz CT molecular complexity index is 1870. The van der Waals surface area contributed by atoms with Crippen LogP contribution in [0.1, 0.15) is 40.5 Å². The van der Waals surface area contributed by atoms with Crippen LogP contribution in [-0.4, -0.2) is 18.0 Å². The van der Waals surface area contributed by atoms with Crippen molar-refractivity contribution in [1.82, 2.24) is 9.97 Å². The van der Waals surface area contributed by atoms with Crippen LogP contribution in [0.3, 0.4) is 0 Å². The Morgan fingerprint density at radius 2 is 1.62 bits per heavy atom. The van der Waals surface area contributed by atoms with Gasteiger partial charge < -0.3 is 9.97 Å². The number of pyridine rings is 2. The number of hydrogen-bond acceptors (Lipinski definition) is 3. The van der Waals surface area contributed by atoms with Gasteiger partial charge in [0.25, 0.3) is 0 Å². The Hall–Kier alpha value is -2.95. The molecule has 5 heteroatoms. The summed E-state index contributed by atoms with van der Waals surface area (Å²) in [5.74, 6) is -1.96. The molecule has 0 amide bonds. The molecule has 0 saturated carbocycles. The summed E-state index contributed by atoms with van der Waals surface area (Å²) in [5.41, 5.74) is 5.73. The predicted octanol–water partition coefficient (Wildman–Crippen LogP) is 10.1. The second-order valence-electron chi connectivity index (χ2n) is 11.7. The zero-order chi connectivity index (χ0) is 31.0. The van der Waals surface area contributed by atoms with Crippen LogP contribution in [0.25, 0.3) is 42.7 Å². The van der Waals surface area contributed by atoms with E-state index < -0.39 is 19.9 Å². The van der Waals surface area contributed by atoms with E-state index in [0.29, 0.717) is 0 Å². The van der Waals surface area contributed by atoms with Gasteiger partial charge in [0.1, 0.15) is 0 Å². The molecular weight excluding hydrogens is 725 g/mol. The van der Waals surface area contributed by atoms with Gasteiger partial charge in [0.15, 0.2) is 0 Å². The van der Waals surface area contributed by atoms with E-state index in [1.54, 1.807) is 38.3 Å². The normalized spacial score (nSPS) is 13.8. The van der Waals surface area contributed by atoms with Crippen LogP contribution < -0.4 is 5.19 Å². The SMILES string of the molecule is C[Si](C)(C)c1ccc(-c2[c-]cccc2)nc1.[2H]C(C)(C)C([2H])(C)c1ccnc(-c2[c-]c(C)cc3c2sc2ccccc23)c1.[Ir]. The van der Waals surface area contributed by atoms with Gasteiger partial charge in [-0.15, -0.1) is 59.2 Å². The fourth-order valence-electron chi connectivity index (χ4n) is 4.72. The Balaban J connectivity index is 0.000000223. The molecule has 0 bridgehead atoms. The zero-order valence-electron chi connectivity index (χ0n) is 27.3. The maximum atomic E-state index is 8.75. The molecular formula is C37H38IrN2SSi-2. The summed E-state index contributed by atoms with van der Waals surface area (Å²) in [5, 5.41) is 3.88. The van der Waals surface area contributed by atoms with Gasteiger partial charge in [-0.05, 0) is 50.6 Å². The molecule has 0 fully saturated rings. The van der Waals surface area contributed by atoms with Crippen LogP contribution in [-0.2, 0) is 20.1 Å². The molecule has 3 aromatic heterocycles. The van der Waals surface area contributed by atoms with Crippen molar-refractivity contribution >= 4 is 44.8 Å². The summed E-state index contributed by atoms with van der Waals surface area (Å²) >= 11 is 1.76. The minimum Gasteiger partial charge on any atom is -0.305 e. The average molecular weight is 765 g/mol. The maximum Gasteiger partial charge on any atom is 0.0795 e. The third-order valence-corrected chi connectivity index (χ3v) is 10.6. The molecule has 0 saturated heterocycles. The fourth-order valence-corrected chi connectivity index (χ4v) is 6.95. The number of thiophene rings is 1. The Kier molecular flexibility index (Phi) is 9.41. The van der Waals surface area contributed by atoms with E-state index in [4.69, 9.17) is 2.74 Å². The first-order valence-corrected chi connectivity index (χ1v) is 18.3. The topological polar surface area (TPSA) is 25.8 Å². The molecule has 217 valence electrons. The standard InChI is InChI=1S/C23H22NS.C14H16NSi.Ir/c1-14(2)16(4)17-9-10-24-21(13-17)20-12-15(3)11-19-18-7-5-6-8-22(18)25-23(19)20;1-16(2,3)13-9-10-14(15-11-13)12-7-5-4-6-8-12;/h5-11,13-14,16H,1-4H3;4-7,9-11H,1-3H3;/q2*-1;/i14D,16D;;. The van der Waals surface area contributed by atoms with Crippen LogP contribution in [0, 0.1) is 25.0 Å². The van der Waals surface area contributed by atoms with Crippen LogP contribution in [0.5, 0.6) is 0 Å². The summed E-state index contributed by atoms with van der Waals surface area (Å²) in [6.45, 7) is 14.4. The van der Waals surface area contributed by atoms with E-state index in [1.165, 1.54) is 25.4 Å².